The number of nitrogens with two attached hydrogens (primary N) is 1. The number of amides is 1. The molecule has 4 N–H and O–H groups in total. The third-order valence-electron chi connectivity index (χ3n) is 5.95. The van der Waals surface area contributed by atoms with Crippen LogP contribution in [-0.2, 0) is 4.79 Å². The largest absolute Gasteiger partial charge is 0.369 e. The van der Waals surface area contributed by atoms with Crippen LogP contribution in [0.2, 0.25) is 0 Å². The van der Waals surface area contributed by atoms with E-state index in [2.05, 4.69) is 69.1 Å². The highest BCUT2D eigenvalue weighted by atomic mass is 16.1. The number of likely N-dealkylation sites (tertiary alicyclic amines) is 1. The van der Waals surface area contributed by atoms with Gasteiger partial charge in [-0.2, -0.15) is 0 Å². The molecule has 166 valence electrons. The second-order valence-corrected chi connectivity index (χ2v) is 8.15. The highest BCUT2D eigenvalue weighted by Gasteiger charge is 2.23. The lowest BCUT2D eigenvalue weighted by Gasteiger charge is -2.31. The van der Waals surface area contributed by atoms with Crippen LogP contribution in [0.15, 0.2) is 65.7 Å². The van der Waals surface area contributed by atoms with Crippen molar-refractivity contribution in [3.8, 4) is 0 Å². The molecule has 31 heavy (non-hydrogen) atoms. The normalized spacial score (nSPS) is 17.5. The van der Waals surface area contributed by atoms with Crippen molar-refractivity contribution in [2.45, 2.75) is 25.2 Å². The molecule has 0 aliphatic carbocycles. The minimum atomic E-state index is -0.168. The van der Waals surface area contributed by atoms with Crippen LogP contribution in [0.25, 0.3) is 0 Å². The Bertz CT molecular complexity index is 785. The zero-order valence-electron chi connectivity index (χ0n) is 18.5. The van der Waals surface area contributed by atoms with Gasteiger partial charge in [0.25, 0.3) is 0 Å². The van der Waals surface area contributed by atoms with E-state index in [9.17, 15) is 4.79 Å². The van der Waals surface area contributed by atoms with Crippen molar-refractivity contribution in [1.82, 2.24) is 15.5 Å². The van der Waals surface area contributed by atoms with E-state index in [1.165, 1.54) is 11.1 Å². The summed E-state index contributed by atoms with van der Waals surface area (Å²) in [7, 11) is 1.80. The number of rotatable bonds is 9. The Balaban J connectivity index is 1.47. The van der Waals surface area contributed by atoms with E-state index in [1.807, 2.05) is 12.1 Å². The van der Waals surface area contributed by atoms with E-state index in [1.54, 1.807) is 7.05 Å². The Morgan fingerprint density at radius 1 is 1.10 bits per heavy atom. The number of benzene rings is 2. The Hall–Kier alpha value is -2.86. The van der Waals surface area contributed by atoms with Crippen LogP contribution in [0.3, 0.4) is 0 Å². The van der Waals surface area contributed by atoms with Gasteiger partial charge in [0.15, 0.2) is 5.96 Å². The van der Waals surface area contributed by atoms with Crippen LogP contribution < -0.4 is 16.4 Å². The molecule has 6 nitrogen and oxygen atoms in total. The van der Waals surface area contributed by atoms with E-state index in [0.29, 0.717) is 0 Å². The maximum absolute atomic E-state index is 11.4. The first-order valence-corrected chi connectivity index (χ1v) is 11.2. The van der Waals surface area contributed by atoms with Crippen LogP contribution >= 0.6 is 0 Å². The summed E-state index contributed by atoms with van der Waals surface area (Å²) < 4.78 is 0. The Morgan fingerprint density at radius 2 is 1.74 bits per heavy atom. The minimum Gasteiger partial charge on any atom is -0.369 e. The molecule has 1 saturated heterocycles. The van der Waals surface area contributed by atoms with E-state index in [0.717, 1.165) is 57.9 Å². The Morgan fingerprint density at radius 3 is 2.32 bits per heavy atom. The Kier molecular flexibility index (Phi) is 8.91. The third-order valence-corrected chi connectivity index (χ3v) is 5.95. The van der Waals surface area contributed by atoms with Gasteiger partial charge in [0.1, 0.15) is 0 Å². The van der Waals surface area contributed by atoms with E-state index < -0.39 is 0 Å². The number of hydrogen-bond donors (Lipinski definition) is 3. The number of nitrogens with zero attached hydrogens (tertiary/aromatic N) is 2. The molecule has 1 aliphatic rings. The fraction of sp³-hybridized carbons (Fsp3) is 0.440. The summed E-state index contributed by atoms with van der Waals surface area (Å²) in [6.07, 6.45) is 2.96. The molecule has 0 spiro atoms. The van der Waals surface area contributed by atoms with Gasteiger partial charge in [-0.25, -0.2) is 0 Å². The molecule has 1 amide bonds. The monoisotopic (exact) mass is 421 g/mol. The van der Waals surface area contributed by atoms with Crippen LogP contribution in [0.5, 0.6) is 0 Å². The van der Waals surface area contributed by atoms with Crippen molar-refractivity contribution >= 4 is 11.9 Å². The van der Waals surface area contributed by atoms with Crippen LogP contribution in [0, 0.1) is 5.92 Å². The molecule has 3 rings (SSSR count). The van der Waals surface area contributed by atoms with Gasteiger partial charge in [-0.15, -0.1) is 0 Å². The number of hydrogen-bond acceptors (Lipinski definition) is 3. The van der Waals surface area contributed by atoms with Crippen molar-refractivity contribution in [2.75, 3.05) is 39.8 Å². The molecule has 1 atom stereocenters. The molecule has 0 radical (unpaired) electrons. The predicted molar refractivity (Wildman–Crippen MR) is 127 cm³/mol. The second kappa shape index (κ2) is 12.1. The highest BCUT2D eigenvalue weighted by molar-refractivity contribution is 5.79. The summed E-state index contributed by atoms with van der Waals surface area (Å²) in [5.41, 5.74) is 8.05. The van der Waals surface area contributed by atoms with Crippen molar-refractivity contribution in [3.63, 3.8) is 0 Å². The fourth-order valence-electron chi connectivity index (χ4n) is 4.22. The van der Waals surface area contributed by atoms with Crippen molar-refractivity contribution in [1.29, 1.82) is 0 Å². The minimum absolute atomic E-state index is 0.00375. The fourth-order valence-corrected chi connectivity index (χ4v) is 4.22. The van der Waals surface area contributed by atoms with Gasteiger partial charge >= 0.3 is 0 Å². The average Bonchev–Trinajstić information content (AvgIpc) is 2.82. The molecule has 1 fully saturated rings. The number of primary amides is 1. The molecule has 0 bridgehead atoms. The van der Waals surface area contributed by atoms with Crippen molar-refractivity contribution in [3.05, 3.63) is 71.8 Å². The standard InChI is InChI=1S/C25H35N5O/c1-27-25(28-15-9-17-30-16-8-14-22(19-30)24(26)31)29-18-23(20-10-4-2-5-11-20)21-12-6-3-7-13-21/h2-7,10-13,22-23H,8-9,14-19H2,1H3,(H2,26,31)(H2,27,28,29). The van der Waals surface area contributed by atoms with Gasteiger partial charge in [-0.3, -0.25) is 9.79 Å². The summed E-state index contributed by atoms with van der Waals surface area (Å²) in [6.45, 7) is 4.40. The lowest BCUT2D eigenvalue weighted by atomic mass is 9.91. The van der Waals surface area contributed by atoms with Gasteiger partial charge < -0.3 is 21.3 Å². The van der Waals surface area contributed by atoms with Crippen molar-refractivity contribution < 1.29 is 4.79 Å². The number of nitrogens with one attached hydrogen (secondary N) is 2. The zero-order valence-corrected chi connectivity index (χ0v) is 18.5. The van der Waals surface area contributed by atoms with E-state index >= 15 is 0 Å². The topological polar surface area (TPSA) is 82.8 Å². The van der Waals surface area contributed by atoms with Gasteiger partial charge in [0.2, 0.25) is 5.91 Å². The van der Waals surface area contributed by atoms with Crippen LogP contribution in [0.4, 0.5) is 0 Å². The maximum Gasteiger partial charge on any atom is 0.221 e. The summed E-state index contributed by atoms with van der Waals surface area (Å²) >= 11 is 0. The summed E-state index contributed by atoms with van der Waals surface area (Å²) in [6, 6.07) is 21.1. The maximum atomic E-state index is 11.4. The Labute approximate surface area is 185 Å². The summed E-state index contributed by atoms with van der Waals surface area (Å²) in [4.78, 5) is 18.2. The van der Waals surface area contributed by atoms with E-state index in [-0.39, 0.29) is 17.7 Å². The number of carbonyl (C=O) groups excluding carboxylic acids is 1. The average molecular weight is 422 g/mol. The number of aliphatic imine (C=N–C) groups is 1. The molecule has 0 saturated carbocycles. The quantitative estimate of drug-likeness (QED) is 0.330. The molecule has 1 unspecified atom stereocenters. The smallest absolute Gasteiger partial charge is 0.221 e. The second-order valence-electron chi connectivity index (χ2n) is 8.15. The highest BCUT2D eigenvalue weighted by Crippen LogP contribution is 2.23. The first-order valence-electron chi connectivity index (χ1n) is 11.2. The number of carbonyl (C=O) groups is 1. The number of piperidine rings is 1. The lowest BCUT2D eigenvalue weighted by molar-refractivity contribution is -0.123. The zero-order chi connectivity index (χ0) is 21.9. The SMILES string of the molecule is CN=C(NCCCN1CCCC(C(N)=O)C1)NCC(c1ccccc1)c1ccccc1. The molecular formula is C25H35N5O. The van der Waals surface area contributed by atoms with Gasteiger partial charge in [-0.05, 0) is 43.5 Å². The first-order chi connectivity index (χ1) is 15.2. The van der Waals surface area contributed by atoms with Crippen molar-refractivity contribution in [2.24, 2.45) is 16.6 Å². The lowest BCUT2D eigenvalue weighted by Crippen LogP contribution is -2.43. The molecule has 2 aromatic rings. The molecule has 6 heteroatoms. The number of guanidine groups is 1. The van der Waals surface area contributed by atoms with Gasteiger partial charge in [0, 0.05) is 32.6 Å². The molecule has 1 aliphatic heterocycles. The predicted octanol–water partition coefficient (Wildman–Crippen LogP) is 2.57. The van der Waals surface area contributed by atoms with E-state index in [4.69, 9.17) is 5.73 Å². The molecule has 1 heterocycles. The molecule has 0 aromatic heterocycles. The summed E-state index contributed by atoms with van der Waals surface area (Å²) in [5.74, 6) is 0.897. The molecule has 2 aromatic carbocycles. The molecular weight excluding hydrogens is 386 g/mol. The van der Waals surface area contributed by atoms with Gasteiger partial charge in [-0.1, -0.05) is 60.7 Å². The van der Waals surface area contributed by atoms with Crippen LogP contribution in [0.1, 0.15) is 36.3 Å². The first kappa shape index (κ1) is 22.8. The van der Waals surface area contributed by atoms with Gasteiger partial charge in [0.05, 0.1) is 5.92 Å². The summed E-state index contributed by atoms with van der Waals surface area (Å²) in [5, 5.41) is 6.91. The van der Waals surface area contributed by atoms with Crippen LogP contribution in [-0.4, -0.2) is 56.5 Å². The third kappa shape index (κ3) is 7.10.